The first kappa shape index (κ1) is 15.6. The van der Waals surface area contributed by atoms with Gasteiger partial charge in [-0.05, 0) is 31.5 Å². The molecule has 114 valence electrons. The van der Waals surface area contributed by atoms with Crippen LogP contribution in [-0.2, 0) is 7.05 Å². The Morgan fingerprint density at radius 2 is 1.76 bits per heavy atom. The van der Waals surface area contributed by atoms with Gasteiger partial charge in [-0.2, -0.15) is 5.10 Å². The van der Waals surface area contributed by atoms with Crippen molar-refractivity contribution in [1.82, 2.24) is 15.1 Å². The predicted octanol–water partition coefficient (Wildman–Crippen LogP) is 2.52. The van der Waals surface area contributed by atoms with E-state index in [1.807, 2.05) is 6.92 Å². The Morgan fingerprint density at radius 1 is 1.19 bits per heavy atom. The van der Waals surface area contributed by atoms with Gasteiger partial charge in [-0.15, -0.1) is 0 Å². The number of rotatable bonds is 4. The molecular formula is C15H19F2N3O. The molecule has 0 amide bonds. The molecule has 0 aliphatic carbocycles. The molecule has 21 heavy (non-hydrogen) atoms. The van der Waals surface area contributed by atoms with Crippen LogP contribution in [0.15, 0.2) is 16.9 Å². The molecule has 0 spiro atoms. The maximum absolute atomic E-state index is 13.5. The zero-order valence-electron chi connectivity index (χ0n) is 12.6. The second kappa shape index (κ2) is 5.89. The minimum Gasteiger partial charge on any atom is -0.309 e. The van der Waals surface area contributed by atoms with E-state index in [0.717, 1.165) is 23.4 Å². The van der Waals surface area contributed by atoms with Gasteiger partial charge >= 0.3 is 0 Å². The van der Waals surface area contributed by atoms with Crippen molar-refractivity contribution in [3.63, 3.8) is 0 Å². The molecule has 1 heterocycles. The first-order chi connectivity index (χ1) is 9.81. The SMILES string of the molecule is CC(C)CN[C@H](C)c1nn(C)c(=O)c2cc(F)c(F)cc12. The van der Waals surface area contributed by atoms with Crippen molar-refractivity contribution < 1.29 is 8.78 Å². The first-order valence-electron chi connectivity index (χ1n) is 6.90. The number of halogens is 2. The van der Waals surface area contributed by atoms with Crippen LogP contribution in [0.5, 0.6) is 0 Å². The number of benzene rings is 1. The average molecular weight is 295 g/mol. The maximum atomic E-state index is 13.5. The predicted molar refractivity (Wildman–Crippen MR) is 78.2 cm³/mol. The number of hydrogen-bond acceptors (Lipinski definition) is 3. The van der Waals surface area contributed by atoms with Gasteiger partial charge in [0.15, 0.2) is 11.6 Å². The molecule has 1 atom stereocenters. The second-order valence-corrected chi connectivity index (χ2v) is 5.65. The zero-order valence-corrected chi connectivity index (χ0v) is 12.6. The van der Waals surface area contributed by atoms with Crippen LogP contribution in [0.2, 0.25) is 0 Å². The maximum Gasteiger partial charge on any atom is 0.274 e. The summed E-state index contributed by atoms with van der Waals surface area (Å²) < 4.78 is 28.0. The Morgan fingerprint density at radius 3 is 2.33 bits per heavy atom. The molecular weight excluding hydrogens is 276 g/mol. The van der Waals surface area contributed by atoms with E-state index in [1.165, 1.54) is 7.05 Å². The smallest absolute Gasteiger partial charge is 0.274 e. The van der Waals surface area contributed by atoms with E-state index in [0.29, 0.717) is 17.0 Å². The van der Waals surface area contributed by atoms with Crippen LogP contribution >= 0.6 is 0 Å². The molecule has 0 radical (unpaired) electrons. The highest BCUT2D eigenvalue weighted by Gasteiger charge is 2.17. The van der Waals surface area contributed by atoms with Gasteiger partial charge in [-0.3, -0.25) is 4.79 Å². The van der Waals surface area contributed by atoms with Gasteiger partial charge in [0.25, 0.3) is 5.56 Å². The first-order valence-corrected chi connectivity index (χ1v) is 6.90. The van der Waals surface area contributed by atoms with E-state index in [2.05, 4.69) is 24.3 Å². The molecule has 1 aromatic carbocycles. The van der Waals surface area contributed by atoms with E-state index in [1.54, 1.807) is 0 Å². The number of aryl methyl sites for hydroxylation is 1. The Bertz CT molecular complexity index is 725. The molecule has 0 unspecified atom stereocenters. The van der Waals surface area contributed by atoms with Crippen LogP contribution < -0.4 is 10.9 Å². The summed E-state index contributed by atoms with van der Waals surface area (Å²) in [6.45, 7) is 6.79. The molecule has 2 aromatic rings. The highest BCUT2D eigenvalue weighted by Crippen LogP contribution is 2.22. The summed E-state index contributed by atoms with van der Waals surface area (Å²) in [6.07, 6.45) is 0. The van der Waals surface area contributed by atoms with Gasteiger partial charge < -0.3 is 5.32 Å². The van der Waals surface area contributed by atoms with Crippen LogP contribution in [-0.4, -0.2) is 16.3 Å². The average Bonchev–Trinajstić information content (AvgIpc) is 2.42. The fraction of sp³-hybridized carbons (Fsp3) is 0.467. The second-order valence-electron chi connectivity index (χ2n) is 5.65. The van der Waals surface area contributed by atoms with E-state index in [-0.39, 0.29) is 11.4 Å². The molecule has 1 N–H and O–H groups in total. The molecule has 0 fully saturated rings. The Labute approximate surface area is 121 Å². The third-order valence-corrected chi connectivity index (χ3v) is 3.36. The number of fused-ring (bicyclic) bond motifs is 1. The van der Waals surface area contributed by atoms with Crippen molar-refractivity contribution >= 4 is 10.8 Å². The minimum atomic E-state index is -1.03. The lowest BCUT2D eigenvalue weighted by Gasteiger charge is -2.17. The van der Waals surface area contributed by atoms with Crippen molar-refractivity contribution in [3.05, 3.63) is 39.8 Å². The van der Waals surface area contributed by atoms with Crippen molar-refractivity contribution in [2.24, 2.45) is 13.0 Å². The van der Waals surface area contributed by atoms with E-state index >= 15 is 0 Å². The summed E-state index contributed by atoms with van der Waals surface area (Å²) in [5, 5.41) is 7.97. The van der Waals surface area contributed by atoms with Crippen LogP contribution in [0.25, 0.3) is 10.8 Å². The third-order valence-electron chi connectivity index (χ3n) is 3.36. The van der Waals surface area contributed by atoms with Crippen LogP contribution in [0, 0.1) is 17.6 Å². The summed E-state index contributed by atoms with van der Waals surface area (Å²) in [5.74, 6) is -1.56. The summed E-state index contributed by atoms with van der Waals surface area (Å²) in [6, 6.07) is 1.81. The normalized spacial score (nSPS) is 13.1. The highest BCUT2D eigenvalue weighted by atomic mass is 19.2. The van der Waals surface area contributed by atoms with Crippen molar-refractivity contribution in [3.8, 4) is 0 Å². The van der Waals surface area contributed by atoms with E-state index in [9.17, 15) is 13.6 Å². The molecule has 0 aliphatic heterocycles. The molecule has 0 saturated heterocycles. The Balaban J connectivity index is 2.60. The minimum absolute atomic E-state index is 0.139. The molecule has 4 nitrogen and oxygen atoms in total. The number of aromatic nitrogens is 2. The van der Waals surface area contributed by atoms with Crippen molar-refractivity contribution in [1.29, 1.82) is 0 Å². The van der Waals surface area contributed by atoms with Gasteiger partial charge in [-0.1, -0.05) is 13.8 Å². The van der Waals surface area contributed by atoms with Crippen LogP contribution in [0.1, 0.15) is 32.5 Å². The van der Waals surface area contributed by atoms with Gasteiger partial charge in [0.2, 0.25) is 0 Å². The lowest BCUT2D eigenvalue weighted by atomic mass is 10.1. The lowest BCUT2D eigenvalue weighted by molar-refractivity contribution is 0.481. The summed E-state index contributed by atoms with van der Waals surface area (Å²) in [5.41, 5.74) is 0.0929. The summed E-state index contributed by atoms with van der Waals surface area (Å²) in [4.78, 5) is 12.0. The van der Waals surface area contributed by atoms with Crippen LogP contribution in [0.4, 0.5) is 8.78 Å². The Kier molecular flexibility index (Phi) is 4.37. The van der Waals surface area contributed by atoms with Crippen LogP contribution in [0.3, 0.4) is 0 Å². The third kappa shape index (κ3) is 3.10. The van der Waals surface area contributed by atoms with Gasteiger partial charge in [-0.25, -0.2) is 13.5 Å². The number of hydrogen-bond donors (Lipinski definition) is 1. The molecule has 0 aliphatic rings. The fourth-order valence-corrected chi connectivity index (χ4v) is 2.20. The topological polar surface area (TPSA) is 46.9 Å². The summed E-state index contributed by atoms with van der Waals surface area (Å²) >= 11 is 0. The monoisotopic (exact) mass is 295 g/mol. The van der Waals surface area contributed by atoms with Gasteiger partial charge in [0.1, 0.15) is 0 Å². The molecule has 1 aromatic heterocycles. The zero-order chi connectivity index (χ0) is 15.7. The molecule has 6 heteroatoms. The molecule has 0 saturated carbocycles. The summed E-state index contributed by atoms with van der Waals surface area (Å²) in [7, 11) is 1.50. The quantitative estimate of drug-likeness (QED) is 0.943. The fourth-order valence-electron chi connectivity index (χ4n) is 2.20. The van der Waals surface area contributed by atoms with E-state index < -0.39 is 17.2 Å². The van der Waals surface area contributed by atoms with Gasteiger partial charge in [0.05, 0.1) is 11.1 Å². The molecule has 2 rings (SSSR count). The Hall–Kier alpha value is -1.82. The number of nitrogens with one attached hydrogen (secondary N) is 1. The highest BCUT2D eigenvalue weighted by molar-refractivity contribution is 5.84. The van der Waals surface area contributed by atoms with Crippen molar-refractivity contribution in [2.75, 3.05) is 6.54 Å². The van der Waals surface area contributed by atoms with Crippen molar-refractivity contribution in [2.45, 2.75) is 26.8 Å². The van der Waals surface area contributed by atoms with Gasteiger partial charge in [0, 0.05) is 18.5 Å². The number of nitrogens with zero attached hydrogens (tertiary/aromatic N) is 2. The largest absolute Gasteiger partial charge is 0.309 e. The standard InChI is InChI=1S/C15H19F2N3O/c1-8(2)7-18-9(3)14-10-5-12(16)13(17)6-11(10)15(21)20(4)19-14/h5-6,8-9,18H,7H2,1-4H3/t9-/m1/s1. The molecule has 0 bridgehead atoms. The van der Waals surface area contributed by atoms with E-state index in [4.69, 9.17) is 0 Å². The lowest BCUT2D eigenvalue weighted by Crippen LogP contribution is -2.28.